The van der Waals surface area contributed by atoms with Gasteiger partial charge in [-0.05, 0) is 73.6 Å². The van der Waals surface area contributed by atoms with Crippen LogP contribution in [0.5, 0.6) is 5.75 Å². The van der Waals surface area contributed by atoms with E-state index in [9.17, 15) is 14.4 Å². The average molecular weight is 445 g/mol. The van der Waals surface area contributed by atoms with Gasteiger partial charge in [-0.2, -0.15) is 5.26 Å². The van der Waals surface area contributed by atoms with E-state index in [0.29, 0.717) is 17.0 Å². The van der Waals surface area contributed by atoms with Gasteiger partial charge in [-0.15, -0.1) is 0 Å². The highest BCUT2D eigenvalue weighted by atomic mass is 19.1. The Morgan fingerprint density at radius 2 is 2.15 bits per heavy atom. The number of ether oxygens (including phenoxy) is 1. The molecule has 168 valence electrons. The Labute approximate surface area is 191 Å². The van der Waals surface area contributed by atoms with E-state index in [1.165, 1.54) is 30.5 Å². The van der Waals surface area contributed by atoms with Gasteiger partial charge in [0, 0.05) is 35.8 Å². The maximum atomic E-state index is 14.3. The summed E-state index contributed by atoms with van der Waals surface area (Å²) in [4.78, 5) is 17.5. The zero-order chi connectivity index (χ0) is 22.9. The van der Waals surface area contributed by atoms with Crippen molar-refractivity contribution in [2.24, 2.45) is 11.7 Å². The molecule has 2 aromatic carbocycles. The number of aromatic nitrogens is 1. The first kappa shape index (κ1) is 21.1. The molecule has 0 spiro atoms. The molecule has 0 bridgehead atoms. The average Bonchev–Trinajstić information content (AvgIpc) is 3.56. The lowest BCUT2D eigenvalue weighted by Crippen LogP contribution is -2.31. The van der Waals surface area contributed by atoms with Crippen LogP contribution in [0, 0.1) is 23.1 Å². The van der Waals surface area contributed by atoms with E-state index >= 15 is 0 Å². The number of nitrogens with zero attached hydrogens (tertiary/aromatic N) is 2. The van der Waals surface area contributed by atoms with Crippen LogP contribution in [0.25, 0.3) is 17.0 Å². The van der Waals surface area contributed by atoms with E-state index < -0.39 is 11.7 Å². The lowest BCUT2D eigenvalue weighted by Gasteiger charge is -2.31. The van der Waals surface area contributed by atoms with Crippen molar-refractivity contribution in [1.82, 2.24) is 9.88 Å². The molecule has 0 saturated heterocycles. The molecule has 1 aliphatic carbocycles. The SMILES string of the molecule is N#Cc1ccc2[nH]cc(CCCN(CC3CC3)C3=Cc4c(C(N)=O)ccc(F)c4OC3)c2c1. The molecule has 2 heterocycles. The van der Waals surface area contributed by atoms with Gasteiger partial charge in [-0.25, -0.2) is 4.39 Å². The van der Waals surface area contributed by atoms with Gasteiger partial charge in [0.25, 0.3) is 0 Å². The maximum absolute atomic E-state index is 14.3. The van der Waals surface area contributed by atoms with Crippen molar-refractivity contribution in [3.8, 4) is 11.8 Å². The number of H-pyrrole nitrogens is 1. The van der Waals surface area contributed by atoms with Crippen LogP contribution in [-0.4, -0.2) is 35.5 Å². The highest BCUT2D eigenvalue weighted by molar-refractivity contribution is 5.98. The van der Waals surface area contributed by atoms with Gasteiger partial charge in [0.05, 0.1) is 22.9 Å². The molecule has 7 heteroatoms. The van der Waals surface area contributed by atoms with Crippen LogP contribution in [-0.2, 0) is 6.42 Å². The maximum Gasteiger partial charge on any atom is 0.249 e. The number of amides is 1. The Bertz CT molecular complexity index is 1300. The summed E-state index contributed by atoms with van der Waals surface area (Å²) in [6.07, 6.45) is 8.06. The first-order valence-corrected chi connectivity index (χ1v) is 11.2. The second-order valence-corrected chi connectivity index (χ2v) is 8.81. The molecule has 0 atom stereocenters. The number of carbonyl (C=O) groups excluding carboxylic acids is 1. The van der Waals surface area contributed by atoms with E-state index in [2.05, 4.69) is 16.0 Å². The monoisotopic (exact) mass is 444 g/mol. The molecular weight excluding hydrogens is 419 g/mol. The van der Waals surface area contributed by atoms with Gasteiger partial charge in [0.1, 0.15) is 6.61 Å². The highest BCUT2D eigenvalue weighted by Crippen LogP contribution is 2.36. The predicted octanol–water partition coefficient (Wildman–Crippen LogP) is 4.36. The zero-order valence-electron chi connectivity index (χ0n) is 18.2. The fourth-order valence-corrected chi connectivity index (χ4v) is 4.49. The Balaban J connectivity index is 1.36. The van der Waals surface area contributed by atoms with Crippen LogP contribution in [0.2, 0.25) is 0 Å². The summed E-state index contributed by atoms with van der Waals surface area (Å²) < 4.78 is 20.0. The van der Waals surface area contributed by atoms with Crippen molar-refractivity contribution in [2.45, 2.75) is 25.7 Å². The minimum absolute atomic E-state index is 0.0912. The number of hydrogen-bond acceptors (Lipinski definition) is 4. The molecule has 1 aromatic heterocycles. The summed E-state index contributed by atoms with van der Waals surface area (Å²) in [5, 5.41) is 10.3. The number of nitrogens with two attached hydrogens (primary N) is 1. The minimum atomic E-state index is -0.600. The molecule has 2 aliphatic rings. The minimum Gasteiger partial charge on any atom is -0.484 e. The molecule has 3 N–H and O–H groups in total. The molecule has 0 radical (unpaired) electrons. The van der Waals surface area contributed by atoms with E-state index in [4.69, 9.17) is 10.5 Å². The number of hydrogen-bond donors (Lipinski definition) is 2. The molecular formula is C26H25FN4O2. The van der Waals surface area contributed by atoms with E-state index in [1.807, 2.05) is 30.5 Å². The third kappa shape index (κ3) is 4.29. The lowest BCUT2D eigenvalue weighted by atomic mass is 10.0. The molecule has 1 saturated carbocycles. The smallest absolute Gasteiger partial charge is 0.249 e. The number of nitrogens with one attached hydrogen (secondary N) is 1. The molecule has 1 fully saturated rings. The van der Waals surface area contributed by atoms with Crippen molar-refractivity contribution < 1.29 is 13.9 Å². The topological polar surface area (TPSA) is 95.1 Å². The quantitative estimate of drug-likeness (QED) is 0.540. The summed E-state index contributed by atoms with van der Waals surface area (Å²) in [7, 11) is 0. The van der Waals surface area contributed by atoms with Gasteiger partial charge < -0.3 is 20.4 Å². The number of benzene rings is 2. The normalized spacial score (nSPS) is 14.8. The highest BCUT2D eigenvalue weighted by Gasteiger charge is 2.28. The number of fused-ring (bicyclic) bond motifs is 2. The number of aromatic amines is 1. The van der Waals surface area contributed by atoms with Gasteiger partial charge in [0.15, 0.2) is 11.6 Å². The van der Waals surface area contributed by atoms with Crippen molar-refractivity contribution in [3.63, 3.8) is 0 Å². The third-order valence-electron chi connectivity index (χ3n) is 6.44. The fourth-order valence-electron chi connectivity index (χ4n) is 4.49. The number of rotatable bonds is 8. The lowest BCUT2D eigenvalue weighted by molar-refractivity contribution is 0.0999. The number of aryl methyl sites for hydroxylation is 1. The predicted molar refractivity (Wildman–Crippen MR) is 124 cm³/mol. The van der Waals surface area contributed by atoms with Gasteiger partial charge >= 0.3 is 0 Å². The molecule has 5 rings (SSSR count). The standard InChI is InChI=1S/C26H25FN4O2/c27-23-7-6-20(26(29)32)22-11-19(15-33-25(22)23)31(14-16-3-4-16)9-1-2-18-13-30-24-8-5-17(12-28)10-21(18)24/h5-8,10-11,13,16,30H,1-4,9,14-15H2,(H2,29,32). The largest absolute Gasteiger partial charge is 0.484 e. The van der Waals surface area contributed by atoms with E-state index in [-0.39, 0.29) is 17.9 Å². The van der Waals surface area contributed by atoms with Crippen molar-refractivity contribution in [2.75, 3.05) is 19.7 Å². The fraction of sp³-hybridized carbons (Fsp3) is 0.308. The number of nitriles is 1. The van der Waals surface area contributed by atoms with Crippen molar-refractivity contribution in [3.05, 3.63) is 70.3 Å². The van der Waals surface area contributed by atoms with E-state index in [0.717, 1.165) is 42.5 Å². The molecule has 1 aliphatic heterocycles. The summed E-state index contributed by atoms with van der Waals surface area (Å²) in [5.74, 6) is -0.345. The van der Waals surface area contributed by atoms with Crippen molar-refractivity contribution in [1.29, 1.82) is 5.26 Å². The Morgan fingerprint density at radius 1 is 1.30 bits per heavy atom. The van der Waals surface area contributed by atoms with Gasteiger partial charge in [-0.1, -0.05) is 0 Å². The Morgan fingerprint density at radius 3 is 2.91 bits per heavy atom. The molecule has 33 heavy (non-hydrogen) atoms. The first-order valence-electron chi connectivity index (χ1n) is 11.2. The van der Waals surface area contributed by atoms with Gasteiger partial charge in [-0.3, -0.25) is 4.79 Å². The second kappa shape index (κ2) is 8.62. The first-order chi connectivity index (χ1) is 16.0. The summed E-state index contributed by atoms with van der Waals surface area (Å²) >= 11 is 0. The zero-order valence-corrected chi connectivity index (χ0v) is 18.2. The van der Waals surface area contributed by atoms with E-state index in [1.54, 1.807) is 0 Å². The molecule has 6 nitrogen and oxygen atoms in total. The van der Waals surface area contributed by atoms with Crippen LogP contribution in [0.15, 0.2) is 42.2 Å². The van der Waals surface area contributed by atoms with Crippen LogP contribution in [0.4, 0.5) is 4.39 Å². The summed E-state index contributed by atoms with van der Waals surface area (Å²) in [6, 6.07) is 10.5. The third-order valence-corrected chi connectivity index (χ3v) is 6.44. The molecule has 3 aromatic rings. The van der Waals surface area contributed by atoms with Crippen LogP contribution in [0.1, 0.15) is 46.3 Å². The van der Waals surface area contributed by atoms with Crippen LogP contribution < -0.4 is 10.5 Å². The summed E-state index contributed by atoms with van der Waals surface area (Å²) in [5.41, 5.74) is 10.0. The number of halogens is 1. The number of carbonyl (C=O) groups is 1. The summed E-state index contributed by atoms with van der Waals surface area (Å²) in [6.45, 7) is 1.99. The second-order valence-electron chi connectivity index (χ2n) is 8.81. The van der Waals surface area contributed by atoms with Crippen molar-refractivity contribution >= 4 is 22.9 Å². The Kier molecular flexibility index (Phi) is 5.51. The van der Waals surface area contributed by atoms with Gasteiger partial charge in [0.2, 0.25) is 5.91 Å². The number of primary amides is 1. The molecule has 0 unspecified atom stereocenters. The van der Waals surface area contributed by atoms with Crippen LogP contribution >= 0.6 is 0 Å². The molecule has 1 amide bonds. The Hall–Kier alpha value is -3.79. The van der Waals surface area contributed by atoms with Crippen LogP contribution in [0.3, 0.4) is 0 Å².